The summed E-state index contributed by atoms with van der Waals surface area (Å²) in [5, 5.41) is 0. The van der Waals surface area contributed by atoms with Gasteiger partial charge in [-0.25, -0.2) is 13.4 Å². The van der Waals surface area contributed by atoms with E-state index in [9.17, 15) is 13.2 Å². The van der Waals surface area contributed by atoms with E-state index in [1.54, 1.807) is 11.9 Å². The van der Waals surface area contributed by atoms with Gasteiger partial charge in [0.15, 0.2) is 0 Å². The molecule has 0 saturated heterocycles. The van der Waals surface area contributed by atoms with E-state index in [2.05, 4.69) is 4.98 Å². The molecule has 0 bridgehead atoms. The van der Waals surface area contributed by atoms with Crippen molar-refractivity contribution in [1.29, 1.82) is 0 Å². The summed E-state index contributed by atoms with van der Waals surface area (Å²) in [4.78, 5) is 16.8. The highest BCUT2D eigenvalue weighted by Gasteiger charge is 2.15. The number of rotatable bonds is 5. The van der Waals surface area contributed by atoms with E-state index in [1.165, 1.54) is 12.3 Å². The van der Waals surface area contributed by atoms with Crippen LogP contribution in [0.15, 0.2) is 12.3 Å². The van der Waals surface area contributed by atoms with E-state index in [1.807, 2.05) is 0 Å². The van der Waals surface area contributed by atoms with E-state index < -0.39 is 15.7 Å². The molecule has 100 valence electrons. The summed E-state index contributed by atoms with van der Waals surface area (Å²) in [6.45, 7) is 0.218. The lowest BCUT2D eigenvalue weighted by atomic mass is 10.2. The number of aromatic nitrogens is 1. The lowest BCUT2D eigenvalue weighted by Gasteiger charge is -2.19. The Morgan fingerprint density at radius 1 is 1.50 bits per heavy atom. The highest BCUT2D eigenvalue weighted by Crippen LogP contribution is 2.18. The van der Waals surface area contributed by atoms with Gasteiger partial charge in [-0.1, -0.05) is 0 Å². The van der Waals surface area contributed by atoms with Gasteiger partial charge in [0.2, 0.25) is 0 Å². The van der Waals surface area contributed by atoms with Gasteiger partial charge in [0.1, 0.15) is 15.7 Å². The number of anilines is 2. The second-order valence-electron chi connectivity index (χ2n) is 4.06. The molecule has 0 radical (unpaired) electrons. The Hall–Kier alpha value is -1.83. The maximum absolute atomic E-state index is 11.3. The number of pyridine rings is 1. The summed E-state index contributed by atoms with van der Waals surface area (Å²) in [5.41, 5.74) is 11.2. The number of hydrogen-bond acceptors (Lipinski definition) is 6. The molecule has 0 aromatic carbocycles. The Labute approximate surface area is 106 Å². The molecule has 0 fully saturated rings. The van der Waals surface area contributed by atoms with Crippen LogP contribution in [0.3, 0.4) is 0 Å². The zero-order chi connectivity index (χ0) is 13.9. The van der Waals surface area contributed by atoms with E-state index in [-0.39, 0.29) is 17.9 Å². The number of nitrogens with zero attached hydrogens (tertiary/aromatic N) is 2. The number of amides is 1. The van der Waals surface area contributed by atoms with Gasteiger partial charge >= 0.3 is 0 Å². The average molecular weight is 272 g/mol. The molecule has 0 aliphatic heterocycles. The quantitative estimate of drug-likeness (QED) is 0.727. The number of nitrogens with two attached hydrogens (primary N) is 2. The van der Waals surface area contributed by atoms with Crippen LogP contribution in [0, 0.1) is 0 Å². The summed E-state index contributed by atoms with van der Waals surface area (Å²) in [6.07, 6.45) is 2.53. The van der Waals surface area contributed by atoms with E-state index in [0.717, 1.165) is 6.26 Å². The molecule has 1 aromatic heterocycles. The van der Waals surface area contributed by atoms with E-state index in [0.29, 0.717) is 11.5 Å². The molecule has 1 aromatic rings. The Kier molecular flexibility index (Phi) is 4.12. The first-order chi connectivity index (χ1) is 8.20. The molecule has 0 aliphatic rings. The van der Waals surface area contributed by atoms with Crippen LogP contribution in [0.1, 0.15) is 10.4 Å². The average Bonchev–Trinajstić information content (AvgIpc) is 2.24. The third kappa shape index (κ3) is 3.88. The van der Waals surface area contributed by atoms with Crippen molar-refractivity contribution < 1.29 is 13.2 Å². The number of nitrogen functional groups attached to an aromatic ring is 1. The van der Waals surface area contributed by atoms with Gasteiger partial charge in [0.05, 0.1) is 23.2 Å². The maximum atomic E-state index is 11.3. The van der Waals surface area contributed by atoms with Crippen LogP contribution in [0.5, 0.6) is 0 Å². The van der Waals surface area contributed by atoms with Crippen LogP contribution in [0.2, 0.25) is 0 Å². The molecule has 1 amide bonds. The predicted molar refractivity (Wildman–Crippen MR) is 70.1 cm³/mol. The van der Waals surface area contributed by atoms with Crippen LogP contribution in [-0.4, -0.2) is 44.9 Å². The summed E-state index contributed by atoms with van der Waals surface area (Å²) >= 11 is 0. The summed E-state index contributed by atoms with van der Waals surface area (Å²) in [7, 11) is -1.44. The zero-order valence-electron chi connectivity index (χ0n) is 10.3. The highest BCUT2D eigenvalue weighted by molar-refractivity contribution is 7.90. The molecule has 1 heterocycles. The minimum absolute atomic E-state index is 0.0340. The van der Waals surface area contributed by atoms with Gasteiger partial charge in [-0.15, -0.1) is 0 Å². The Morgan fingerprint density at radius 2 is 2.11 bits per heavy atom. The van der Waals surface area contributed by atoms with Crippen molar-refractivity contribution in [3.05, 3.63) is 17.8 Å². The van der Waals surface area contributed by atoms with Gasteiger partial charge in [-0.3, -0.25) is 4.79 Å². The maximum Gasteiger partial charge on any atom is 0.252 e. The first-order valence-electron chi connectivity index (χ1n) is 5.15. The predicted octanol–water partition coefficient (Wildman–Crippen LogP) is -0.756. The molecule has 0 atom stereocenters. The molecule has 1 rings (SSSR count). The Bertz CT molecular complexity index is 556. The smallest absolute Gasteiger partial charge is 0.252 e. The van der Waals surface area contributed by atoms with Crippen molar-refractivity contribution in [2.75, 3.05) is 36.2 Å². The van der Waals surface area contributed by atoms with Crippen LogP contribution in [0.25, 0.3) is 0 Å². The minimum Gasteiger partial charge on any atom is -0.397 e. The first-order valence-corrected chi connectivity index (χ1v) is 7.21. The molecular formula is C10H16N4O3S. The molecule has 4 N–H and O–H groups in total. The largest absolute Gasteiger partial charge is 0.397 e. The Balaban J connectivity index is 2.98. The fraction of sp³-hybridized carbons (Fsp3) is 0.400. The molecule has 0 aliphatic carbocycles. The van der Waals surface area contributed by atoms with Crippen molar-refractivity contribution in [2.24, 2.45) is 5.73 Å². The molecule has 7 nitrogen and oxygen atoms in total. The summed E-state index contributed by atoms with van der Waals surface area (Å²) < 4.78 is 22.2. The number of hydrogen-bond donors (Lipinski definition) is 2. The van der Waals surface area contributed by atoms with Crippen molar-refractivity contribution in [3.63, 3.8) is 0 Å². The third-order valence-corrected chi connectivity index (χ3v) is 3.24. The van der Waals surface area contributed by atoms with E-state index in [4.69, 9.17) is 11.5 Å². The Morgan fingerprint density at radius 3 is 2.61 bits per heavy atom. The number of carbonyl (C=O) groups excluding carboxylic acids is 1. The van der Waals surface area contributed by atoms with Crippen LogP contribution < -0.4 is 16.4 Å². The van der Waals surface area contributed by atoms with Gasteiger partial charge in [-0.2, -0.15) is 0 Å². The topological polar surface area (TPSA) is 119 Å². The molecule has 8 heteroatoms. The standard InChI is InChI=1S/C10H16N4O3S/c1-14(3-4-18(2,16)17)10-8(9(12)15)5-7(11)6-13-10/h5-6H,3-4,11H2,1-2H3,(H2,12,15). The van der Waals surface area contributed by atoms with Crippen molar-refractivity contribution in [3.8, 4) is 0 Å². The van der Waals surface area contributed by atoms with E-state index >= 15 is 0 Å². The zero-order valence-corrected chi connectivity index (χ0v) is 11.1. The number of primary amides is 1. The van der Waals surface area contributed by atoms with Crippen molar-refractivity contribution >= 4 is 27.2 Å². The minimum atomic E-state index is -3.08. The van der Waals surface area contributed by atoms with Gasteiger partial charge < -0.3 is 16.4 Å². The summed E-state index contributed by atoms with van der Waals surface area (Å²) in [5.74, 6) is -0.371. The molecule has 0 unspecified atom stereocenters. The lowest BCUT2D eigenvalue weighted by molar-refractivity contribution is 0.100. The van der Waals surface area contributed by atoms with Crippen LogP contribution in [0.4, 0.5) is 11.5 Å². The highest BCUT2D eigenvalue weighted by atomic mass is 32.2. The first kappa shape index (κ1) is 14.2. The number of sulfone groups is 1. The fourth-order valence-corrected chi connectivity index (χ4v) is 1.97. The fourth-order valence-electron chi connectivity index (χ4n) is 1.37. The van der Waals surface area contributed by atoms with Gasteiger partial charge in [0, 0.05) is 19.8 Å². The molecule has 0 spiro atoms. The second kappa shape index (κ2) is 5.21. The molecular weight excluding hydrogens is 256 g/mol. The van der Waals surface area contributed by atoms with Crippen molar-refractivity contribution in [2.45, 2.75) is 0 Å². The van der Waals surface area contributed by atoms with Crippen LogP contribution in [-0.2, 0) is 9.84 Å². The third-order valence-electron chi connectivity index (χ3n) is 2.31. The molecule has 18 heavy (non-hydrogen) atoms. The van der Waals surface area contributed by atoms with Crippen LogP contribution >= 0.6 is 0 Å². The SMILES string of the molecule is CN(CCS(C)(=O)=O)c1ncc(N)cc1C(N)=O. The number of carbonyl (C=O) groups is 1. The van der Waals surface area contributed by atoms with Crippen molar-refractivity contribution in [1.82, 2.24) is 4.98 Å². The monoisotopic (exact) mass is 272 g/mol. The summed E-state index contributed by atoms with van der Waals surface area (Å²) in [6, 6.07) is 1.42. The second-order valence-corrected chi connectivity index (χ2v) is 6.32. The lowest BCUT2D eigenvalue weighted by Crippen LogP contribution is -2.28. The normalized spacial score (nSPS) is 11.2. The molecule has 0 saturated carbocycles. The van der Waals surface area contributed by atoms with Gasteiger partial charge in [0.25, 0.3) is 5.91 Å². The van der Waals surface area contributed by atoms with Gasteiger partial charge in [-0.05, 0) is 6.07 Å².